The molecule has 8 N–H and O–H groups in total. The summed E-state index contributed by atoms with van der Waals surface area (Å²) in [7, 11) is 0. The molecule has 0 bridgehead atoms. The first-order chi connectivity index (χ1) is 34.9. The number of phenols is 1. The zero-order valence-electron chi connectivity index (χ0n) is 43.0. The molecular formula is C49H77ClN17O6-. The molecule has 73 heavy (non-hydrogen) atoms. The molecule has 0 spiro atoms. The number of carbonyl (C=O) groups is 2. The van der Waals surface area contributed by atoms with E-state index in [9.17, 15) is 14.7 Å². The predicted molar refractivity (Wildman–Crippen MR) is 273 cm³/mol. The number of aromatic hydroxyl groups is 1. The van der Waals surface area contributed by atoms with Crippen LogP contribution in [0.15, 0.2) is 36.7 Å². The number of ether oxygens (including phenoxy) is 3. The Bertz CT molecular complexity index is 2300. The van der Waals surface area contributed by atoms with Crippen molar-refractivity contribution >= 4 is 29.7 Å². The number of anilines is 3. The van der Waals surface area contributed by atoms with Crippen LogP contribution in [0.4, 0.5) is 17.8 Å². The van der Waals surface area contributed by atoms with E-state index in [0.29, 0.717) is 146 Å². The third-order valence-electron chi connectivity index (χ3n) is 13.0. The van der Waals surface area contributed by atoms with Gasteiger partial charge in [0.15, 0.2) is 0 Å². The zero-order chi connectivity index (χ0) is 51.4. The second-order valence-electron chi connectivity index (χ2n) is 18.9. The maximum absolute atomic E-state index is 14.4. The van der Waals surface area contributed by atoms with E-state index >= 15 is 0 Å². The summed E-state index contributed by atoms with van der Waals surface area (Å²) < 4.78 is 19.9. The summed E-state index contributed by atoms with van der Waals surface area (Å²) in [6.45, 7) is 15.3. The van der Waals surface area contributed by atoms with Crippen LogP contribution in [0.25, 0.3) is 0 Å². The van der Waals surface area contributed by atoms with Crippen LogP contribution in [-0.4, -0.2) is 177 Å². The molecule has 0 aliphatic carbocycles. The second kappa shape index (κ2) is 29.8. The quantitative estimate of drug-likeness (QED) is 0.0326. The number of nitrogens with one attached hydrogen (secondary N) is 1. The van der Waals surface area contributed by atoms with Crippen molar-refractivity contribution in [3.8, 4) is 18.1 Å². The highest BCUT2D eigenvalue weighted by Crippen LogP contribution is 2.28. The van der Waals surface area contributed by atoms with Crippen molar-refractivity contribution in [2.45, 2.75) is 90.4 Å². The van der Waals surface area contributed by atoms with Crippen molar-refractivity contribution in [3.63, 3.8) is 0 Å². The predicted octanol–water partition coefficient (Wildman–Crippen LogP) is -0.898. The number of rotatable bonds is 29. The Morgan fingerprint density at radius 3 is 1.92 bits per heavy atom. The normalized spacial score (nSPS) is 16.2. The van der Waals surface area contributed by atoms with Gasteiger partial charge in [0, 0.05) is 58.9 Å². The zero-order valence-corrected chi connectivity index (χ0v) is 43.7. The van der Waals surface area contributed by atoms with Crippen LogP contribution in [0.2, 0.25) is 0 Å². The topological polar surface area (TPSA) is 285 Å². The molecule has 2 aliphatic rings. The van der Waals surface area contributed by atoms with E-state index in [0.717, 1.165) is 31.2 Å². The number of carbonyl (C=O) groups excluding carboxylic acids is 2. The number of nitrogens with two attached hydrogens (primary N) is 3. The molecule has 0 radical (unpaired) electrons. The lowest BCUT2D eigenvalue weighted by Crippen LogP contribution is -3.00. The third-order valence-corrected chi connectivity index (χ3v) is 13.0. The Hall–Kier alpha value is -5.74. The minimum absolute atomic E-state index is 0. The number of piperazine rings is 2. The summed E-state index contributed by atoms with van der Waals surface area (Å²) in [6, 6.07) is 5.10. The number of aromatic nitrogens is 9. The molecule has 2 fully saturated rings. The third kappa shape index (κ3) is 17.2. The Morgan fingerprint density at radius 2 is 1.33 bits per heavy atom. The number of terminal acetylenes is 1. The van der Waals surface area contributed by atoms with E-state index in [-0.39, 0.29) is 48.5 Å². The molecule has 0 saturated carbocycles. The minimum atomic E-state index is -0.571. The van der Waals surface area contributed by atoms with Crippen molar-refractivity contribution in [1.29, 1.82) is 0 Å². The molecule has 5 atom stereocenters. The number of phenolic OH excluding ortho intramolecular Hbond substituents is 1. The van der Waals surface area contributed by atoms with E-state index in [1.807, 2.05) is 35.1 Å². The summed E-state index contributed by atoms with van der Waals surface area (Å²) >= 11 is 0. The van der Waals surface area contributed by atoms with E-state index in [1.165, 1.54) is 0 Å². The summed E-state index contributed by atoms with van der Waals surface area (Å²) in [5.74, 6) is 4.26. The molecule has 24 heteroatoms. The fraction of sp³-hybridized carbons (Fsp3) is 0.653. The average Bonchev–Trinajstić information content (AvgIpc) is 4.09. The number of amides is 2. The molecule has 3 aromatic heterocycles. The van der Waals surface area contributed by atoms with Gasteiger partial charge in [0.1, 0.15) is 24.4 Å². The van der Waals surface area contributed by atoms with Crippen LogP contribution >= 0.6 is 0 Å². The maximum Gasteiger partial charge on any atom is 0.247 e. The molecule has 6 rings (SSSR count). The van der Waals surface area contributed by atoms with Gasteiger partial charge in [0.25, 0.3) is 0 Å². The Labute approximate surface area is 435 Å². The van der Waals surface area contributed by atoms with Gasteiger partial charge in [-0.15, -0.1) is 16.6 Å². The van der Waals surface area contributed by atoms with Gasteiger partial charge in [0.2, 0.25) is 29.7 Å². The highest BCUT2D eigenvalue weighted by atomic mass is 35.5. The van der Waals surface area contributed by atoms with Gasteiger partial charge in [-0.25, -0.2) is 9.36 Å². The Morgan fingerprint density at radius 1 is 0.767 bits per heavy atom. The van der Waals surface area contributed by atoms with E-state index in [2.05, 4.69) is 62.4 Å². The molecule has 1 aromatic carbocycles. The van der Waals surface area contributed by atoms with Crippen molar-refractivity contribution in [1.82, 2.24) is 54.7 Å². The van der Waals surface area contributed by atoms with E-state index in [1.54, 1.807) is 27.7 Å². The van der Waals surface area contributed by atoms with Crippen molar-refractivity contribution < 1.29 is 41.3 Å². The molecule has 2 amide bonds. The molecule has 23 nitrogen and oxygen atoms in total. The summed E-state index contributed by atoms with van der Waals surface area (Å²) in [4.78, 5) is 51.3. The summed E-state index contributed by atoms with van der Waals surface area (Å²) in [5.41, 5.74) is 21.1. The lowest BCUT2D eigenvalue weighted by Gasteiger charge is -2.38. The smallest absolute Gasteiger partial charge is 0.247 e. The molecule has 5 heterocycles. The highest BCUT2D eigenvalue weighted by molar-refractivity contribution is 5.81. The molecule has 4 aromatic rings. The number of unbranched alkanes of at least 4 members (excludes halogenated alkanes) is 1. The Balaban J connectivity index is 0.00000988. The Kier molecular flexibility index (Phi) is 23.8. The molecular weight excluding hydrogens is 958 g/mol. The molecule has 2 aliphatic heterocycles. The van der Waals surface area contributed by atoms with Crippen molar-refractivity contribution in [2.75, 3.05) is 120 Å². The fourth-order valence-corrected chi connectivity index (χ4v) is 8.69. The largest absolute Gasteiger partial charge is 1.00 e. The van der Waals surface area contributed by atoms with Gasteiger partial charge in [-0.3, -0.25) is 9.59 Å². The van der Waals surface area contributed by atoms with Crippen molar-refractivity contribution in [2.24, 2.45) is 29.0 Å². The summed E-state index contributed by atoms with van der Waals surface area (Å²) in [6.07, 6.45) is 13.0. The van der Waals surface area contributed by atoms with Crippen LogP contribution in [-0.2, 0) is 30.2 Å². The molecule has 0 unspecified atom stereocenters. The SMILES string of the molecule is C#CCOCCOCCOCCNc1nc(N2CCN(C(=O)[C@H]([C@@H](C)CC)n3cc([C@@H](N)Cc4ccc(O)cc4)nn3)CC2)nc(N2CCN(C(=O)[C@H](CCCCN)n3cc([C@@H](N)CC(C)C)nn3)CC2)n1.[Cl-]. The van der Waals surface area contributed by atoms with E-state index < -0.39 is 18.1 Å². The minimum Gasteiger partial charge on any atom is -1.00 e. The van der Waals surface area contributed by atoms with E-state index in [4.69, 9.17) is 52.8 Å². The van der Waals surface area contributed by atoms with Crippen molar-refractivity contribution in [3.05, 3.63) is 53.6 Å². The number of halogens is 1. The van der Waals surface area contributed by atoms with Crippen LogP contribution in [0.1, 0.15) is 101 Å². The van der Waals surface area contributed by atoms with Gasteiger partial charge < -0.3 is 73.8 Å². The lowest BCUT2D eigenvalue weighted by molar-refractivity contribution is -0.137. The number of hydrogen-bond donors (Lipinski definition) is 5. The van der Waals surface area contributed by atoms with Crippen LogP contribution in [0.3, 0.4) is 0 Å². The fourth-order valence-electron chi connectivity index (χ4n) is 8.69. The molecule has 402 valence electrons. The second-order valence-corrected chi connectivity index (χ2v) is 18.9. The number of hydrogen-bond acceptors (Lipinski definition) is 19. The average molecular weight is 1040 g/mol. The highest BCUT2D eigenvalue weighted by Gasteiger charge is 2.35. The molecule has 2 saturated heterocycles. The van der Waals surface area contributed by atoms with Crippen LogP contribution in [0, 0.1) is 24.2 Å². The number of benzene rings is 1. The number of nitrogens with zero attached hydrogens (tertiary/aromatic N) is 13. The van der Waals surface area contributed by atoms with Gasteiger partial charge in [-0.1, -0.05) is 62.6 Å². The lowest BCUT2D eigenvalue weighted by atomic mass is 9.97. The van der Waals surface area contributed by atoms with Gasteiger partial charge in [0.05, 0.1) is 68.9 Å². The van der Waals surface area contributed by atoms with Gasteiger partial charge >= 0.3 is 0 Å². The first-order valence-electron chi connectivity index (χ1n) is 25.5. The first kappa shape index (κ1) is 58.2. The summed E-state index contributed by atoms with van der Waals surface area (Å²) in [5, 5.41) is 30.6. The monoisotopic (exact) mass is 1030 g/mol. The first-order valence-corrected chi connectivity index (χ1v) is 25.5. The standard InChI is InChI=1S/C49H77N17O6.ClH/c1-6-25-70-27-29-72-30-28-71-26-16-53-47-54-48(63-21-17-61(18-22-63)45(68)43(10-8-9-15-50)65-33-41(57-59-65)39(51)31-35(3)4)56-49(55-47)64-23-19-62(20-24-64)46(69)44(36(5)7-2)66-34-42(58-60-66)40(52)32-37-11-13-38(67)14-12-37;/h1,11-14,33-36,39-40,43-44,67H,7-10,15-32,50-52H2,2-5H3,(H,53,54,55,56);1H/p-1/t36-,39-,40-,43-,44-;/m0./s1. The van der Waals surface area contributed by atoms with Gasteiger partial charge in [-0.2, -0.15) is 15.0 Å². The van der Waals surface area contributed by atoms with Gasteiger partial charge in [-0.05, 0) is 68.2 Å². The maximum atomic E-state index is 14.4. The van der Waals surface area contributed by atoms with Crippen LogP contribution < -0.4 is 44.7 Å². The van der Waals surface area contributed by atoms with Crippen LogP contribution in [0.5, 0.6) is 5.75 Å².